The summed E-state index contributed by atoms with van der Waals surface area (Å²) in [7, 11) is 2.04. The van der Waals surface area contributed by atoms with Crippen LogP contribution in [0, 0.1) is 6.92 Å². The van der Waals surface area contributed by atoms with Crippen molar-refractivity contribution in [1.82, 2.24) is 5.32 Å². The van der Waals surface area contributed by atoms with Crippen LogP contribution in [0.2, 0.25) is 0 Å². The number of benzene rings is 1. The van der Waals surface area contributed by atoms with E-state index in [1.807, 2.05) is 29.7 Å². The molecule has 0 bridgehead atoms. The first kappa shape index (κ1) is 11.9. The van der Waals surface area contributed by atoms with Crippen molar-refractivity contribution in [2.45, 2.75) is 13.0 Å². The average molecular weight is 273 g/mol. The molecule has 2 heterocycles. The van der Waals surface area contributed by atoms with Crippen LogP contribution in [-0.2, 0) is 0 Å². The predicted octanol–water partition coefficient (Wildman–Crippen LogP) is 4.58. The number of aryl methyl sites for hydroxylation is 1. The van der Waals surface area contributed by atoms with Crippen molar-refractivity contribution in [1.29, 1.82) is 0 Å². The summed E-state index contributed by atoms with van der Waals surface area (Å²) in [5.74, 6) is 0. The Hall–Kier alpha value is -1.16. The Kier molecular flexibility index (Phi) is 3.20. The minimum Gasteiger partial charge on any atom is -0.309 e. The molecule has 1 nitrogen and oxygen atoms in total. The molecule has 0 saturated carbocycles. The third-order valence-electron chi connectivity index (χ3n) is 3.27. The SMILES string of the molecule is CNC(c1sccc1C)c1csc2ccccc12. The van der Waals surface area contributed by atoms with Gasteiger partial charge in [-0.1, -0.05) is 18.2 Å². The Labute approximate surface area is 115 Å². The normalized spacial score (nSPS) is 13.0. The molecule has 1 N–H and O–H groups in total. The van der Waals surface area contributed by atoms with Gasteiger partial charge in [-0.15, -0.1) is 22.7 Å². The Balaban J connectivity index is 2.15. The van der Waals surface area contributed by atoms with Gasteiger partial charge in [0.25, 0.3) is 0 Å². The minimum absolute atomic E-state index is 0.307. The molecule has 0 fully saturated rings. The van der Waals surface area contributed by atoms with Gasteiger partial charge in [-0.3, -0.25) is 0 Å². The molecule has 0 aliphatic heterocycles. The molecule has 0 amide bonds. The molecule has 3 aromatic rings. The van der Waals surface area contributed by atoms with Crippen LogP contribution in [0.4, 0.5) is 0 Å². The summed E-state index contributed by atoms with van der Waals surface area (Å²) in [6.45, 7) is 2.19. The summed E-state index contributed by atoms with van der Waals surface area (Å²) < 4.78 is 1.36. The summed E-state index contributed by atoms with van der Waals surface area (Å²) >= 11 is 3.66. The van der Waals surface area contributed by atoms with E-state index in [1.54, 1.807) is 0 Å². The van der Waals surface area contributed by atoms with Gasteiger partial charge in [0, 0.05) is 9.58 Å². The summed E-state index contributed by atoms with van der Waals surface area (Å²) in [4.78, 5) is 1.42. The third kappa shape index (κ3) is 1.88. The molecule has 1 unspecified atom stereocenters. The van der Waals surface area contributed by atoms with Crippen molar-refractivity contribution in [3.05, 3.63) is 57.1 Å². The molecule has 0 aliphatic rings. The van der Waals surface area contributed by atoms with Gasteiger partial charge in [-0.25, -0.2) is 0 Å². The van der Waals surface area contributed by atoms with Gasteiger partial charge in [0.2, 0.25) is 0 Å². The highest BCUT2D eigenvalue weighted by atomic mass is 32.1. The second-order valence-electron chi connectivity index (χ2n) is 4.38. The lowest BCUT2D eigenvalue weighted by molar-refractivity contribution is 0.707. The van der Waals surface area contributed by atoms with E-state index < -0.39 is 0 Å². The summed E-state index contributed by atoms with van der Waals surface area (Å²) in [5.41, 5.74) is 2.76. The number of fused-ring (bicyclic) bond motifs is 1. The molecule has 3 rings (SSSR count). The lowest BCUT2D eigenvalue weighted by atomic mass is 10.0. The van der Waals surface area contributed by atoms with Crippen LogP contribution in [0.5, 0.6) is 0 Å². The van der Waals surface area contributed by atoms with Gasteiger partial charge >= 0.3 is 0 Å². The number of nitrogens with one attached hydrogen (secondary N) is 1. The quantitative estimate of drug-likeness (QED) is 0.736. The minimum atomic E-state index is 0.307. The molecule has 0 spiro atoms. The highest BCUT2D eigenvalue weighted by Crippen LogP contribution is 2.36. The van der Waals surface area contributed by atoms with E-state index in [-0.39, 0.29) is 0 Å². The summed E-state index contributed by atoms with van der Waals surface area (Å²) in [6.07, 6.45) is 0. The second-order valence-corrected chi connectivity index (χ2v) is 6.24. The second kappa shape index (κ2) is 4.84. The number of rotatable bonds is 3. The van der Waals surface area contributed by atoms with Crippen molar-refractivity contribution < 1.29 is 0 Å². The first-order chi connectivity index (χ1) is 8.81. The maximum Gasteiger partial charge on any atom is 0.0685 e. The van der Waals surface area contributed by atoms with Crippen LogP contribution in [0.1, 0.15) is 22.0 Å². The maximum atomic E-state index is 3.46. The van der Waals surface area contributed by atoms with Crippen LogP contribution >= 0.6 is 22.7 Å². The lowest BCUT2D eigenvalue weighted by Gasteiger charge is -2.15. The van der Waals surface area contributed by atoms with Gasteiger partial charge in [0.1, 0.15) is 0 Å². The van der Waals surface area contributed by atoms with E-state index in [4.69, 9.17) is 0 Å². The van der Waals surface area contributed by atoms with E-state index in [2.05, 4.69) is 53.3 Å². The molecular formula is C15H15NS2. The zero-order valence-corrected chi connectivity index (χ0v) is 12.1. The zero-order valence-electron chi connectivity index (χ0n) is 10.4. The Morgan fingerprint density at radius 2 is 1.94 bits per heavy atom. The number of hydrogen-bond donors (Lipinski definition) is 1. The lowest BCUT2D eigenvalue weighted by Crippen LogP contribution is -2.16. The largest absolute Gasteiger partial charge is 0.309 e. The molecule has 92 valence electrons. The van der Waals surface area contributed by atoms with E-state index in [9.17, 15) is 0 Å². The van der Waals surface area contributed by atoms with Crippen molar-refractivity contribution in [2.24, 2.45) is 0 Å². The van der Waals surface area contributed by atoms with Crippen LogP contribution in [0.15, 0.2) is 41.1 Å². The van der Waals surface area contributed by atoms with Crippen molar-refractivity contribution in [3.8, 4) is 0 Å². The van der Waals surface area contributed by atoms with Gasteiger partial charge in [-0.05, 0) is 53.4 Å². The van der Waals surface area contributed by atoms with Crippen molar-refractivity contribution in [3.63, 3.8) is 0 Å². The van der Waals surface area contributed by atoms with Crippen LogP contribution in [-0.4, -0.2) is 7.05 Å². The van der Waals surface area contributed by atoms with Crippen LogP contribution in [0.3, 0.4) is 0 Å². The van der Waals surface area contributed by atoms with E-state index in [0.29, 0.717) is 6.04 Å². The molecule has 0 aliphatic carbocycles. The highest BCUT2D eigenvalue weighted by molar-refractivity contribution is 7.17. The highest BCUT2D eigenvalue weighted by Gasteiger charge is 2.18. The average Bonchev–Trinajstić information content (AvgIpc) is 2.99. The number of thiophene rings is 2. The molecule has 1 aromatic carbocycles. The first-order valence-electron chi connectivity index (χ1n) is 5.98. The third-order valence-corrected chi connectivity index (χ3v) is 5.34. The van der Waals surface area contributed by atoms with Gasteiger partial charge in [0.05, 0.1) is 6.04 Å². The monoisotopic (exact) mass is 273 g/mol. The van der Waals surface area contributed by atoms with Crippen molar-refractivity contribution in [2.75, 3.05) is 7.05 Å². The molecule has 0 saturated heterocycles. The fourth-order valence-corrected chi connectivity index (χ4v) is 4.37. The predicted molar refractivity (Wildman–Crippen MR) is 81.8 cm³/mol. The van der Waals surface area contributed by atoms with Crippen LogP contribution < -0.4 is 5.32 Å². The Bertz CT molecular complexity index is 666. The number of hydrogen-bond acceptors (Lipinski definition) is 3. The molecule has 0 radical (unpaired) electrons. The van der Waals surface area contributed by atoms with E-state index in [1.165, 1.54) is 26.1 Å². The van der Waals surface area contributed by atoms with Crippen LogP contribution in [0.25, 0.3) is 10.1 Å². The molecule has 18 heavy (non-hydrogen) atoms. The molecular weight excluding hydrogens is 258 g/mol. The Morgan fingerprint density at radius 3 is 2.67 bits per heavy atom. The zero-order chi connectivity index (χ0) is 12.5. The fraction of sp³-hybridized carbons (Fsp3) is 0.200. The molecule has 1 atom stereocenters. The molecule has 3 heteroatoms. The Morgan fingerprint density at radius 1 is 1.11 bits per heavy atom. The van der Waals surface area contributed by atoms with Gasteiger partial charge < -0.3 is 5.32 Å². The van der Waals surface area contributed by atoms with Crippen molar-refractivity contribution >= 4 is 32.8 Å². The first-order valence-corrected chi connectivity index (χ1v) is 7.74. The summed E-state index contributed by atoms with van der Waals surface area (Å²) in [6, 6.07) is 11.1. The molecule has 2 aromatic heterocycles. The summed E-state index contributed by atoms with van der Waals surface area (Å²) in [5, 5.41) is 9.28. The maximum absolute atomic E-state index is 3.46. The van der Waals surface area contributed by atoms with Gasteiger partial charge in [-0.2, -0.15) is 0 Å². The topological polar surface area (TPSA) is 12.0 Å². The fourth-order valence-electron chi connectivity index (χ4n) is 2.33. The van der Waals surface area contributed by atoms with E-state index >= 15 is 0 Å². The smallest absolute Gasteiger partial charge is 0.0685 e. The van der Waals surface area contributed by atoms with E-state index in [0.717, 1.165) is 0 Å². The van der Waals surface area contributed by atoms with Gasteiger partial charge in [0.15, 0.2) is 0 Å². The standard InChI is InChI=1S/C15H15NS2/c1-10-7-8-17-15(10)14(16-2)12-9-18-13-6-4-3-5-11(12)13/h3-9,14,16H,1-2H3.